The van der Waals surface area contributed by atoms with Crippen LogP contribution < -0.4 is 0 Å². The van der Waals surface area contributed by atoms with E-state index >= 15 is 0 Å². The van der Waals surface area contributed by atoms with Gasteiger partial charge in [0, 0.05) is 18.4 Å². The molecule has 0 saturated heterocycles. The molecule has 1 aromatic rings. The summed E-state index contributed by atoms with van der Waals surface area (Å²) in [6, 6.07) is 3.51. The first-order valence-corrected chi connectivity index (χ1v) is 8.17. The molecule has 0 aliphatic heterocycles. The lowest BCUT2D eigenvalue weighted by molar-refractivity contribution is -0.118. The fourth-order valence-electron chi connectivity index (χ4n) is 2.69. The van der Waals surface area contributed by atoms with Crippen LogP contribution in [0.25, 0.3) is 0 Å². The Labute approximate surface area is 140 Å². The molecule has 2 rings (SSSR count). The number of fused-ring (bicyclic) bond motifs is 1. The molecule has 1 unspecified atom stereocenters. The summed E-state index contributed by atoms with van der Waals surface area (Å²) in [6.45, 7) is 6.03. The van der Waals surface area contributed by atoms with Crippen LogP contribution in [0.15, 0.2) is 12.1 Å². The highest BCUT2D eigenvalue weighted by molar-refractivity contribution is 6.44. The quantitative estimate of drug-likeness (QED) is 0.763. The van der Waals surface area contributed by atoms with Gasteiger partial charge in [0.2, 0.25) is 0 Å². The molecule has 1 aliphatic rings. The average molecular weight is 343 g/mol. The van der Waals surface area contributed by atoms with Gasteiger partial charge in [-0.25, -0.2) is 0 Å². The fraction of sp³-hybridized carbons (Fsp3) is 0.529. The van der Waals surface area contributed by atoms with Crippen molar-refractivity contribution in [1.82, 2.24) is 0 Å². The lowest BCUT2D eigenvalue weighted by Crippen LogP contribution is -2.41. The smallest absolute Gasteiger partial charge is 0.196 e. The van der Waals surface area contributed by atoms with Crippen LogP contribution in [-0.2, 0) is 16.0 Å². The monoisotopic (exact) mass is 342 g/mol. The number of carbonyl (C=O) groups is 2. The van der Waals surface area contributed by atoms with Gasteiger partial charge in [0.15, 0.2) is 5.78 Å². The molecule has 1 aliphatic carbocycles. The maximum Gasteiger partial charge on any atom is 0.196 e. The van der Waals surface area contributed by atoms with Gasteiger partial charge in [0.1, 0.15) is 11.4 Å². The van der Waals surface area contributed by atoms with Gasteiger partial charge in [-0.3, -0.25) is 4.79 Å². The summed E-state index contributed by atoms with van der Waals surface area (Å²) in [5, 5.41) is 0.641. The van der Waals surface area contributed by atoms with E-state index in [0.29, 0.717) is 42.4 Å². The van der Waals surface area contributed by atoms with E-state index in [4.69, 9.17) is 27.9 Å². The minimum Gasteiger partial charge on any atom is -0.366 e. The Hall–Kier alpha value is -0.900. The number of ether oxygens (including phenoxy) is 1. The minimum atomic E-state index is -0.993. The van der Waals surface area contributed by atoms with E-state index in [1.807, 2.05) is 19.9 Å². The van der Waals surface area contributed by atoms with Crippen molar-refractivity contribution < 1.29 is 14.3 Å². The van der Waals surface area contributed by atoms with E-state index in [-0.39, 0.29) is 16.6 Å². The average Bonchev–Trinajstić information content (AvgIpc) is 2.73. The molecule has 0 aromatic heterocycles. The number of Topliss-reactive ketones (excluding diaryl/α,β-unsaturated/α-hetero) is 2. The maximum atomic E-state index is 12.9. The Bertz CT molecular complexity index is 610. The molecule has 3 nitrogen and oxygen atoms in total. The highest BCUT2D eigenvalue weighted by Crippen LogP contribution is 2.42. The summed E-state index contributed by atoms with van der Waals surface area (Å²) in [5.74, 6) is 0.182. The van der Waals surface area contributed by atoms with Crippen molar-refractivity contribution in [1.29, 1.82) is 0 Å². The van der Waals surface area contributed by atoms with Gasteiger partial charge in [-0.05, 0) is 30.9 Å². The van der Waals surface area contributed by atoms with E-state index in [1.54, 1.807) is 6.07 Å². The summed E-state index contributed by atoms with van der Waals surface area (Å²) in [7, 11) is 0. The minimum absolute atomic E-state index is 0.0420. The number of ketones is 2. The lowest BCUT2D eigenvalue weighted by atomic mass is 9.91. The summed E-state index contributed by atoms with van der Waals surface area (Å²) in [5.41, 5.74) is 0.292. The second-order valence-electron chi connectivity index (χ2n) is 6.30. The highest BCUT2D eigenvalue weighted by atomic mass is 35.5. The molecule has 0 radical (unpaired) electrons. The third kappa shape index (κ3) is 3.37. The largest absolute Gasteiger partial charge is 0.366 e. The SMILES string of the molecule is CC(=O)CCC1(OCC(C)C)Cc2ccc(Cl)c(Cl)c2C1=O. The van der Waals surface area contributed by atoms with E-state index in [9.17, 15) is 9.59 Å². The number of carbonyl (C=O) groups excluding carboxylic acids is 2. The first kappa shape index (κ1) is 17.5. The normalized spacial score (nSPS) is 20.5. The van der Waals surface area contributed by atoms with Gasteiger partial charge in [-0.1, -0.05) is 43.1 Å². The van der Waals surface area contributed by atoms with Crippen molar-refractivity contribution in [2.45, 2.75) is 45.6 Å². The molecule has 0 N–H and O–H groups in total. The number of benzene rings is 1. The Morgan fingerprint density at radius 2 is 2.05 bits per heavy atom. The topological polar surface area (TPSA) is 43.4 Å². The van der Waals surface area contributed by atoms with Crippen molar-refractivity contribution in [3.8, 4) is 0 Å². The van der Waals surface area contributed by atoms with Crippen LogP contribution in [0.4, 0.5) is 0 Å². The Balaban J connectivity index is 2.37. The van der Waals surface area contributed by atoms with Gasteiger partial charge in [0.25, 0.3) is 0 Å². The molecule has 22 heavy (non-hydrogen) atoms. The standard InChI is InChI=1S/C17H20Cl2O3/c1-10(2)9-22-17(7-6-11(3)20)8-12-4-5-13(18)15(19)14(12)16(17)21/h4-5,10H,6-9H2,1-3H3. The fourth-order valence-corrected chi connectivity index (χ4v) is 3.12. The Morgan fingerprint density at radius 3 is 2.64 bits per heavy atom. The summed E-state index contributed by atoms with van der Waals surface area (Å²) >= 11 is 12.2. The van der Waals surface area contributed by atoms with Crippen LogP contribution in [0.5, 0.6) is 0 Å². The second-order valence-corrected chi connectivity index (χ2v) is 7.09. The van der Waals surface area contributed by atoms with Crippen LogP contribution in [0.1, 0.15) is 49.5 Å². The third-order valence-corrected chi connectivity index (χ3v) is 4.68. The molecule has 0 amide bonds. The van der Waals surface area contributed by atoms with Crippen LogP contribution in [-0.4, -0.2) is 23.8 Å². The lowest BCUT2D eigenvalue weighted by Gasteiger charge is -2.28. The van der Waals surface area contributed by atoms with Gasteiger partial charge in [0.05, 0.1) is 16.7 Å². The molecule has 0 heterocycles. The number of halogens is 2. The summed E-state index contributed by atoms with van der Waals surface area (Å²) in [6.07, 6.45) is 1.12. The van der Waals surface area contributed by atoms with E-state index in [2.05, 4.69) is 0 Å². The van der Waals surface area contributed by atoms with Gasteiger partial charge in [-0.15, -0.1) is 0 Å². The maximum absolute atomic E-state index is 12.9. The molecule has 1 atom stereocenters. The van der Waals surface area contributed by atoms with Gasteiger partial charge in [-0.2, -0.15) is 0 Å². The molecule has 0 fully saturated rings. The number of hydrogen-bond acceptors (Lipinski definition) is 3. The van der Waals surface area contributed by atoms with Crippen molar-refractivity contribution >= 4 is 34.8 Å². The van der Waals surface area contributed by atoms with E-state index < -0.39 is 5.60 Å². The molecule has 120 valence electrons. The molecule has 0 saturated carbocycles. The number of hydrogen-bond donors (Lipinski definition) is 0. The van der Waals surface area contributed by atoms with E-state index in [0.717, 1.165) is 5.56 Å². The van der Waals surface area contributed by atoms with Crippen LogP contribution in [0, 0.1) is 5.92 Å². The summed E-state index contributed by atoms with van der Waals surface area (Å²) < 4.78 is 5.99. The van der Waals surface area contributed by atoms with Gasteiger partial charge >= 0.3 is 0 Å². The van der Waals surface area contributed by atoms with Crippen LogP contribution >= 0.6 is 23.2 Å². The van der Waals surface area contributed by atoms with Crippen molar-refractivity contribution in [3.63, 3.8) is 0 Å². The van der Waals surface area contributed by atoms with Crippen molar-refractivity contribution in [2.75, 3.05) is 6.61 Å². The number of rotatable bonds is 6. The summed E-state index contributed by atoms with van der Waals surface area (Å²) in [4.78, 5) is 24.3. The second kappa shape index (κ2) is 6.69. The molecule has 0 spiro atoms. The molecule has 1 aromatic carbocycles. The predicted octanol–water partition coefficient (Wildman–Crippen LogP) is 4.51. The van der Waals surface area contributed by atoms with Crippen molar-refractivity contribution in [2.24, 2.45) is 5.92 Å². The van der Waals surface area contributed by atoms with Crippen LogP contribution in [0.2, 0.25) is 10.0 Å². The molecular formula is C17H20Cl2O3. The zero-order chi connectivity index (χ0) is 16.5. The Morgan fingerprint density at radius 1 is 1.36 bits per heavy atom. The zero-order valence-electron chi connectivity index (χ0n) is 13.0. The Kier molecular flexibility index (Phi) is 5.31. The molecular weight excluding hydrogens is 323 g/mol. The molecule has 5 heteroatoms. The van der Waals surface area contributed by atoms with Gasteiger partial charge < -0.3 is 9.53 Å². The molecule has 0 bridgehead atoms. The van der Waals surface area contributed by atoms with E-state index in [1.165, 1.54) is 6.92 Å². The third-order valence-electron chi connectivity index (χ3n) is 3.87. The first-order chi connectivity index (χ1) is 10.3. The predicted molar refractivity (Wildman–Crippen MR) is 87.9 cm³/mol. The highest BCUT2D eigenvalue weighted by Gasteiger charge is 2.47. The van der Waals surface area contributed by atoms with Crippen molar-refractivity contribution in [3.05, 3.63) is 33.3 Å². The zero-order valence-corrected chi connectivity index (χ0v) is 14.6. The first-order valence-electron chi connectivity index (χ1n) is 7.42. The van der Waals surface area contributed by atoms with Crippen LogP contribution in [0.3, 0.4) is 0 Å².